The summed E-state index contributed by atoms with van der Waals surface area (Å²) in [6.45, 7) is 9.77. The molecule has 0 aliphatic carbocycles. The van der Waals surface area contributed by atoms with Gasteiger partial charge < -0.3 is 16.0 Å². The Kier molecular flexibility index (Phi) is 11.4. The van der Waals surface area contributed by atoms with Crippen LogP contribution in [0, 0.1) is 0 Å². The van der Waals surface area contributed by atoms with Gasteiger partial charge in [0, 0.05) is 31.2 Å². The van der Waals surface area contributed by atoms with Crippen LogP contribution in [0.1, 0.15) is 27.2 Å². The third-order valence-electron chi connectivity index (χ3n) is 2.60. The van der Waals surface area contributed by atoms with Gasteiger partial charge in [0.25, 0.3) is 0 Å². The van der Waals surface area contributed by atoms with Crippen molar-refractivity contribution in [3.63, 3.8) is 0 Å². The van der Waals surface area contributed by atoms with Crippen LogP contribution >= 0.6 is 11.9 Å². The lowest BCUT2D eigenvalue weighted by Crippen LogP contribution is -2.42. The summed E-state index contributed by atoms with van der Waals surface area (Å²) in [7, 11) is 1.99. The first kappa shape index (κ1) is 17.2. The normalized spacial score (nSPS) is 16.8. The van der Waals surface area contributed by atoms with Gasteiger partial charge in [-0.15, -0.1) is 0 Å². The van der Waals surface area contributed by atoms with Crippen molar-refractivity contribution in [3.8, 4) is 0 Å². The van der Waals surface area contributed by atoms with Crippen LogP contribution in [-0.4, -0.2) is 51.1 Å². The molecule has 0 aromatic rings. The van der Waals surface area contributed by atoms with Crippen molar-refractivity contribution >= 4 is 11.9 Å². The van der Waals surface area contributed by atoms with Crippen LogP contribution in [0.2, 0.25) is 0 Å². The van der Waals surface area contributed by atoms with Crippen LogP contribution in [0.25, 0.3) is 0 Å². The van der Waals surface area contributed by atoms with E-state index >= 15 is 0 Å². The highest BCUT2D eigenvalue weighted by Crippen LogP contribution is 1.93. The monoisotopic (exact) mass is 262 g/mol. The molecule has 4 N–H and O–H groups in total. The van der Waals surface area contributed by atoms with Crippen LogP contribution in [-0.2, 0) is 0 Å². The minimum absolute atomic E-state index is 0.525. The third kappa shape index (κ3) is 11.0. The molecular weight excluding hydrogens is 232 g/mol. The Labute approximate surface area is 111 Å². The second-order valence-corrected chi connectivity index (χ2v) is 5.39. The molecule has 1 unspecified atom stereocenters. The molecule has 0 aromatic carbocycles. The molecule has 0 bridgehead atoms. The van der Waals surface area contributed by atoms with Gasteiger partial charge in [-0.2, -0.15) is 0 Å². The molecule has 0 radical (unpaired) electrons. The quantitative estimate of drug-likeness (QED) is 0.328. The van der Waals surface area contributed by atoms with Gasteiger partial charge in [0.1, 0.15) is 0 Å². The van der Waals surface area contributed by atoms with Gasteiger partial charge in [-0.25, -0.2) is 0 Å². The first-order valence-electron chi connectivity index (χ1n) is 6.50. The lowest BCUT2D eigenvalue weighted by Gasteiger charge is -2.20. The van der Waals surface area contributed by atoms with Crippen molar-refractivity contribution in [3.05, 3.63) is 0 Å². The van der Waals surface area contributed by atoms with Crippen molar-refractivity contribution in [2.45, 2.75) is 45.3 Å². The second-order valence-electron chi connectivity index (χ2n) is 4.74. The van der Waals surface area contributed by atoms with Gasteiger partial charge in [0.05, 0.1) is 0 Å². The number of hydrogen-bond acceptors (Lipinski definition) is 5. The summed E-state index contributed by atoms with van der Waals surface area (Å²) in [6, 6.07) is 1.62. The van der Waals surface area contributed by atoms with E-state index in [1.807, 2.05) is 7.05 Å². The summed E-state index contributed by atoms with van der Waals surface area (Å²) in [5.74, 6) is 0. The molecule has 0 aliphatic heterocycles. The van der Waals surface area contributed by atoms with E-state index in [2.05, 4.69) is 47.7 Å². The van der Waals surface area contributed by atoms with Crippen LogP contribution in [0.5, 0.6) is 0 Å². The number of nitrogens with one attached hydrogen (secondary N) is 4. The van der Waals surface area contributed by atoms with E-state index in [1.54, 1.807) is 11.9 Å². The fourth-order valence-electron chi connectivity index (χ4n) is 1.81. The van der Waals surface area contributed by atoms with E-state index < -0.39 is 0 Å². The summed E-state index contributed by atoms with van der Waals surface area (Å²) in [5.41, 5.74) is 0. The highest BCUT2D eigenvalue weighted by molar-refractivity contribution is 7.96. The summed E-state index contributed by atoms with van der Waals surface area (Å²) in [5, 5.41) is 10.2. The first-order chi connectivity index (χ1) is 8.10. The van der Waals surface area contributed by atoms with Crippen molar-refractivity contribution in [1.82, 2.24) is 20.7 Å². The van der Waals surface area contributed by atoms with Gasteiger partial charge in [0.2, 0.25) is 0 Å². The minimum atomic E-state index is 0.525. The molecule has 104 valence electrons. The number of rotatable bonds is 11. The standard InChI is InChI=1S/C12H30N4S/c1-10(15-11(2)8-13-4)6-7-14-9-12(3)16-17-5/h10-16H,6-9H2,1-5H3/t10?,11-,12+/m1/s1. The zero-order valence-electron chi connectivity index (χ0n) is 12.0. The zero-order chi connectivity index (χ0) is 13.1. The number of likely N-dealkylation sites (N-methyl/N-ethyl adjacent to an activating group) is 1. The molecule has 0 amide bonds. The second kappa shape index (κ2) is 11.3. The molecule has 0 rings (SSSR count). The Morgan fingerprint density at radius 3 is 2.29 bits per heavy atom. The smallest absolute Gasteiger partial charge is 0.0268 e. The molecule has 4 nitrogen and oxygen atoms in total. The van der Waals surface area contributed by atoms with Crippen molar-refractivity contribution in [2.24, 2.45) is 0 Å². The van der Waals surface area contributed by atoms with E-state index in [0.29, 0.717) is 18.1 Å². The molecule has 0 saturated heterocycles. The van der Waals surface area contributed by atoms with Crippen molar-refractivity contribution in [2.75, 3.05) is 32.9 Å². The largest absolute Gasteiger partial charge is 0.318 e. The molecular formula is C12H30N4S. The average Bonchev–Trinajstić information content (AvgIpc) is 2.25. The van der Waals surface area contributed by atoms with Gasteiger partial charge in [0.15, 0.2) is 0 Å². The SMILES string of the molecule is CNC[C@@H](C)NC(C)CCNC[C@H](C)NSC. The van der Waals surface area contributed by atoms with E-state index in [1.165, 1.54) is 6.42 Å². The Hall–Kier alpha value is 0.190. The first-order valence-corrected chi connectivity index (χ1v) is 7.72. The zero-order valence-corrected chi connectivity index (χ0v) is 12.8. The Balaban J connectivity index is 3.41. The Morgan fingerprint density at radius 2 is 1.71 bits per heavy atom. The fraction of sp³-hybridized carbons (Fsp3) is 1.00. The van der Waals surface area contributed by atoms with Gasteiger partial charge in [-0.1, -0.05) is 11.9 Å². The highest BCUT2D eigenvalue weighted by atomic mass is 32.2. The molecule has 0 spiro atoms. The maximum atomic E-state index is 3.57. The van der Waals surface area contributed by atoms with Crippen LogP contribution in [0.4, 0.5) is 0 Å². The summed E-state index contributed by atoms with van der Waals surface area (Å²) < 4.78 is 3.31. The minimum Gasteiger partial charge on any atom is -0.318 e. The molecule has 0 heterocycles. The maximum Gasteiger partial charge on any atom is 0.0268 e. The van der Waals surface area contributed by atoms with E-state index in [-0.39, 0.29) is 0 Å². The van der Waals surface area contributed by atoms with Crippen molar-refractivity contribution in [1.29, 1.82) is 0 Å². The predicted molar refractivity (Wildman–Crippen MR) is 79.6 cm³/mol. The molecule has 0 saturated carbocycles. The average molecular weight is 262 g/mol. The summed E-state index contributed by atoms with van der Waals surface area (Å²) in [6.07, 6.45) is 3.23. The molecule has 3 atom stereocenters. The molecule has 5 heteroatoms. The van der Waals surface area contributed by atoms with Crippen molar-refractivity contribution < 1.29 is 0 Å². The van der Waals surface area contributed by atoms with Gasteiger partial charge >= 0.3 is 0 Å². The van der Waals surface area contributed by atoms with Crippen LogP contribution in [0.3, 0.4) is 0 Å². The number of hydrogen-bond donors (Lipinski definition) is 4. The summed E-state index contributed by atoms with van der Waals surface area (Å²) >= 11 is 1.68. The summed E-state index contributed by atoms with van der Waals surface area (Å²) in [4.78, 5) is 0. The molecule has 0 aliphatic rings. The predicted octanol–water partition coefficient (Wildman–Crippen LogP) is 0.808. The van der Waals surface area contributed by atoms with Crippen LogP contribution < -0.4 is 20.7 Å². The van der Waals surface area contributed by atoms with Crippen LogP contribution in [0.15, 0.2) is 0 Å². The third-order valence-corrected chi connectivity index (χ3v) is 3.24. The molecule has 17 heavy (non-hydrogen) atoms. The van der Waals surface area contributed by atoms with E-state index in [9.17, 15) is 0 Å². The van der Waals surface area contributed by atoms with E-state index in [4.69, 9.17) is 0 Å². The Bertz CT molecular complexity index is 169. The lowest BCUT2D eigenvalue weighted by atomic mass is 10.2. The highest BCUT2D eigenvalue weighted by Gasteiger charge is 2.06. The van der Waals surface area contributed by atoms with E-state index in [0.717, 1.165) is 19.6 Å². The molecule has 0 fully saturated rings. The maximum absolute atomic E-state index is 3.57. The van der Waals surface area contributed by atoms with Gasteiger partial charge in [-0.3, -0.25) is 4.72 Å². The topological polar surface area (TPSA) is 48.1 Å². The lowest BCUT2D eigenvalue weighted by molar-refractivity contribution is 0.424. The molecule has 0 aromatic heterocycles. The Morgan fingerprint density at radius 1 is 1.00 bits per heavy atom. The fourth-order valence-corrected chi connectivity index (χ4v) is 2.30. The van der Waals surface area contributed by atoms with Gasteiger partial charge in [-0.05, 0) is 47.0 Å².